The van der Waals surface area contributed by atoms with Crippen molar-refractivity contribution in [2.24, 2.45) is 11.8 Å². The number of rotatable bonds is 9. The van der Waals surface area contributed by atoms with Crippen molar-refractivity contribution in [1.29, 1.82) is 0 Å². The molecule has 12 nitrogen and oxygen atoms in total. The summed E-state index contributed by atoms with van der Waals surface area (Å²) in [5, 5.41) is 16.4. The van der Waals surface area contributed by atoms with Crippen LogP contribution in [0.4, 0.5) is 4.79 Å². The van der Waals surface area contributed by atoms with Crippen molar-refractivity contribution >= 4 is 23.7 Å². The first kappa shape index (κ1) is 24.2. The van der Waals surface area contributed by atoms with Crippen LogP contribution in [0.2, 0.25) is 0 Å². The van der Waals surface area contributed by atoms with Crippen LogP contribution in [0, 0.1) is 11.8 Å². The fourth-order valence-corrected chi connectivity index (χ4v) is 3.55. The van der Waals surface area contributed by atoms with E-state index in [0.29, 0.717) is 19.4 Å². The maximum absolute atomic E-state index is 13.1. The lowest BCUT2D eigenvalue weighted by Crippen LogP contribution is -2.57. The molecule has 0 unspecified atom stereocenters. The van der Waals surface area contributed by atoms with Gasteiger partial charge < -0.3 is 20.3 Å². The Balaban J connectivity index is 0.00000512. The first-order valence-electron chi connectivity index (χ1n) is 10.3. The van der Waals surface area contributed by atoms with Gasteiger partial charge in [-0.3, -0.25) is 14.4 Å². The minimum Gasteiger partial charge on any atom is -0.453 e. The first-order chi connectivity index (χ1) is 14.6. The molecule has 1 aliphatic rings. The van der Waals surface area contributed by atoms with Gasteiger partial charge in [0.05, 0.1) is 13.2 Å². The number of ether oxygens (including phenoxy) is 1. The molecular formula is C19H35N7O5. The second kappa shape index (κ2) is 10.8. The minimum atomic E-state index is -0.818. The number of likely N-dealkylation sites (tertiary alicyclic amines) is 1. The Morgan fingerprint density at radius 1 is 1.13 bits per heavy atom. The van der Waals surface area contributed by atoms with Gasteiger partial charge in [0.25, 0.3) is 0 Å². The summed E-state index contributed by atoms with van der Waals surface area (Å²) in [5.74, 6) is -1.38. The zero-order chi connectivity index (χ0) is 23.1. The smallest absolute Gasteiger partial charge is 0.407 e. The van der Waals surface area contributed by atoms with Gasteiger partial charge in [-0.1, -0.05) is 27.7 Å². The number of alkyl carbamates (subject to hydrolysis) is 1. The van der Waals surface area contributed by atoms with Crippen molar-refractivity contribution in [3.63, 3.8) is 0 Å². The molecule has 2 N–H and O–H groups in total. The first-order valence-corrected chi connectivity index (χ1v) is 10.3. The number of ketones is 1. The summed E-state index contributed by atoms with van der Waals surface area (Å²) < 4.78 is 4.61. The number of hydrogen-bond acceptors (Lipinski definition) is 8. The molecule has 3 amide bonds. The molecular weight excluding hydrogens is 406 g/mol. The van der Waals surface area contributed by atoms with Crippen LogP contribution < -0.4 is 10.6 Å². The summed E-state index contributed by atoms with van der Waals surface area (Å²) in [7, 11) is 1.22. The van der Waals surface area contributed by atoms with Crippen molar-refractivity contribution in [2.75, 3.05) is 13.7 Å². The molecule has 0 radical (unpaired) electrons. The van der Waals surface area contributed by atoms with Crippen LogP contribution in [0.5, 0.6) is 0 Å². The normalized spacial score (nSPS) is 18.0. The molecule has 0 aliphatic carbocycles. The molecule has 0 saturated carbocycles. The highest BCUT2D eigenvalue weighted by molar-refractivity contribution is 5.94. The SMILES string of the molecule is COC(=O)N[C@H](C(=O)N1CCC[C@H]1C(=O)N[C@H](C(=O)Cn1ncnn1)C(C)C)C(C)C.[HH].[HH]. The van der Waals surface area contributed by atoms with E-state index in [1.165, 1.54) is 18.3 Å². The van der Waals surface area contributed by atoms with Crippen molar-refractivity contribution in [1.82, 2.24) is 35.7 Å². The van der Waals surface area contributed by atoms with E-state index in [9.17, 15) is 19.2 Å². The number of tetrazole rings is 1. The number of methoxy groups -OCH3 is 1. The van der Waals surface area contributed by atoms with Crippen molar-refractivity contribution in [3.8, 4) is 0 Å². The average molecular weight is 442 g/mol. The highest BCUT2D eigenvalue weighted by Gasteiger charge is 2.40. The Morgan fingerprint density at radius 3 is 2.35 bits per heavy atom. The van der Waals surface area contributed by atoms with Crippen molar-refractivity contribution in [2.45, 2.75) is 65.2 Å². The molecule has 1 aromatic rings. The van der Waals surface area contributed by atoms with Crippen LogP contribution in [-0.2, 0) is 25.7 Å². The lowest BCUT2D eigenvalue weighted by molar-refractivity contribution is -0.141. The maximum Gasteiger partial charge on any atom is 0.407 e. The van der Waals surface area contributed by atoms with E-state index >= 15 is 0 Å². The fourth-order valence-electron chi connectivity index (χ4n) is 3.55. The highest BCUT2D eigenvalue weighted by atomic mass is 16.5. The Kier molecular flexibility index (Phi) is 8.46. The van der Waals surface area contributed by atoms with Gasteiger partial charge in [-0.2, -0.15) is 4.80 Å². The van der Waals surface area contributed by atoms with Gasteiger partial charge in [-0.25, -0.2) is 4.79 Å². The lowest BCUT2D eigenvalue weighted by Gasteiger charge is -2.31. The molecule has 31 heavy (non-hydrogen) atoms. The summed E-state index contributed by atoms with van der Waals surface area (Å²) in [6.45, 7) is 7.53. The minimum absolute atomic E-state index is 0. The second-order valence-electron chi connectivity index (χ2n) is 8.21. The van der Waals surface area contributed by atoms with Gasteiger partial charge in [-0.15, -0.1) is 10.2 Å². The van der Waals surface area contributed by atoms with Crippen molar-refractivity contribution < 1.29 is 26.8 Å². The van der Waals surface area contributed by atoms with Gasteiger partial charge >= 0.3 is 6.09 Å². The molecule has 0 spiro atoms. The van der Waals surface area contributed by atoms with Crippen LogP contribution in [0.1, 0.15) is 43.4 Å². The van der Waals surface area contributed by atoms with Gasteiger partial charge in [-0.05, 0) is 29.9 Å². The predicted octanol–water partition coefficient (Wildman–Crippen LogP) is 0.247. The third kappa shape index (κ3) is 6.22. The zero-order valence-corrected chi connectivity index (χ0v) is 18.6. The van der Waals surface area contributed by atoms with E-state index in [4.69, 9.17) is 0 Å². The number of nitrogens with zero attached hydrogens (tertiary/aromatic N) is 5. The summed E-state index contributed by atoms with van der Waals surface area (Å²) >= 11 is 0. The summed E-state index contributed by atoms with van der Waals surface area (Å²) in [5.41, 5.74) is 0. The molecule has 1 aliphatic heterocycles. The standard InChI is InChI=1S/C19H31N7O5.2H2/c1-11(2)15(14(27)9-26-21-10-20-24-26)22-17(28)13-7-6-8-25(13)18(29)16(12(3)4)23-19(30)31-5;;/h10-13,15-16H,6-9H2,1-5H3,(H,22,28)(H,23,30);2*1H/t13-,15-,16-;;/m0../s1. The zero-order valence-electron chi connectivity index (χ0n) is 18.6. The largest absolute Gasteiger partial charge is 0.453 e. The summed E-state index contributed by atoms with van der Waals surface area (Å²) in [6.07, 6.45) is 1.64. The summed E-state index contributed by atoms with van der Waals surface area (Å²) in [4.78, 5) is 53.1. The molecule has 1 aromatic heterocycles. The Hall–Kier alpha value is -3.05. The number of carbonyl (C=O) groups is 4. The molecule has 0 aromatic carbocycles. The number of hydrogen-bond donors (Lipinski definition) is 2. The van der Waals surface area contributed by atoms with E-state index in [1.807, 2.05) is 13.8 Å². The lowest BCUT2D eigenvalue weighted by atomic mass is 9.98. The third-order valence-electron chi connectivity index (χ3n) is 5.23. The van der Waals surface area contributed by atoms with Crippen LogP contribution in [-0.4, -0.2) is 80.6 Å². The van der Waals surface area contributed by atoms with E-state index in [2.05, 4.69) is 30.8 Å². The molecule has 1 fully saturated rings. The van der Waals surface area contributed by atoms with E-state index < -0.39 is 30.1 Å². The predicted molar refractivity (Wildman–Crippen MR) is 113 cm³/mol. The molecule has 1 saturated heterocycles. The van der Waals surface area contributed by atoms with Crippen LogP contribution in [0.25, 0.3) is 0 Å². The highest BCUT2D eigenvalue weighted by Crippen LogP contribution is 2.21. The van der Waals surface area contributed by atoms with Gasteiger partial charge in [0.1, 0.15) is 18.6 Å². The molecule has 0 bridgehead atoms. The van der Waals surface area contributed by atoms with Gasteiger partial charge in [0.2, 0.25) is 11.8 Å². The van der Waals surface area contributed by atoms with E-state index in [0.717, 1.165) is 4.80 Å². The monoisotopic (exact) mass is 441 g/mol. The number of Topliss-reactive ketones (excluding diaryl/α,β-unsaturated/α-hetero) is 1. The number of aromatic nitrogens is 4. The average Bonchev–Trinajstić information content (AvgIpc) is 3.40. The number of carbonyl (C=O) groups excluding carboxylic acids is 4. The van der Waals surface area contributed by atoms with Crippen molar-refractivity contribution in [3.05, 3.63) is 6.33 Å². The quantitative estimate of drug-likeness (QED) is 0.554. The van der Waals surface area contributed by atoms with Gasteiger partial charge in [0.15, 0.2) is 12.1 Å². The topological polar surface area (TPSA) is 148 Å². The van der Waals surface area contributed by atoms with E-state index in [1.54, 1.807) is 13.8 Å². The Labute approximate surface area is 184 Å². The summed E-state index contributed by atoms with van der Waals surface area (Å²) in [6, 6.07) is -2.29. The molecule has 2 heterocycles. The molecule has 3 atom stereocenters. The molecule has 12 heteroatoms. The van der Waals surface area contributed by atoms with Crippen LogP contribution in [0.3, 0.4) is 0 Å². The molecule has 2 rings (SSSR count). The molecule has 176 valence electrons. The fraction of sp³-hybridized carbons (Fsp3) is 0.737. The van der Waals surface area contributed by atoms with Crippen LogP contribution >= 0.6 is 0 Å². The van der Waals surface area contributed by atoms with Gasteiger partial charge in [0, 0.05) is 9.40 Å². The maximum atomic E-state index is 13.1. The second-order valence-corrected chi connectivity index (χ2v) is 8.21. The Morgan fingerprint density at radius 2 is 1.81 bits per heavy atom. The number of amides is 3. The van der Waals surface area contributed by atoms with Crippen LogP contribution in [0.15, 0.2) is 6.33 Å². The Bertz CT molecular complexity index is 792. The number of nitrogens with one attached hydrogen (secondary N) is 2. The third-order valence-corrected chi connectivity index (χ3v) is 5.23. The van der Waals surface area contributed by atoms with E-state index in [-0.39, 0.29) is 32.9 Å².